The third-order valence-corrected chi connectivity index (χ3v) is 13.0. The molecular formula is C34H60. The highest BCUT2D eigenvalue weighted by Gasteiger charge is 2.45. The summed E-state index contributed by atoms with van der Waals surface area (Å²) in [4.78, 5) is 0. The predicted octanol–water partition coefficient (Wildman–Crippen LogP) is 11.1. The van der Waals surface area contributed by atoms with E-state index in [0.29, 0.717) is 0 Å². The second-order valence-corrected chi connectivity index (χ2v) is 15.0. The molecule has 0 nitrogen and oxygen atoms in total. The Kier molecular flexibility index (Phi) is 8.74. The minimum Gasteiger partial charge on any atom is -0.0594 e. The molecule has 0 N–H and O–H groups in total. The topological polar surface area (TPSA) is 0 Å². The van der Waals surface area contributed by atoms with Gasteiger partial charge < -0.3 is 0 Å². The summed E-state index contributed by atoms with van der Waals surface area (Å²) >= 11 is 0. The second-order valence-electron chi connectivity index (χ2n) is 15.0. The van der Waals surface area contributed by atoms with Gasteiger partial charge in [-0.15, -0.1) is 0 Å². The minimum atomic E-state index is 0.735. The Hall–Kier alpha value is 0. The zero-order valence-corrected chi connectivity index (χ0v) is 23.4. The van der Waals surface area contributed by atoms with E-state index < -0.39 is 0 Å². The van der Waals surface area contributed by atoms with Crippen molar-refractivity contribution in [1.82, 2.24) is 0 Å². The van der Waals surface area contributed by atoms with E-state index >= 15 is 0 Å². The molecule has 0 aromatic heterocycles. The highest BCUT2D eigenvalue weighted by Crippen LogP contribution is 2.55. The van der Waals surface area contributed by atoms with Crippen LogP contribution in [0.5, 0.6) is 0 Å². The summed E-state index contributed by atoms with van der Waals surface area (Å²) in [5.41, 5.74) is 1.47. The van der Waals surface area contributed by atoms with Crippen LogP contribution < -0.4 is 0 Å². The molecule has 0 aromatic carbocycles. The molecule has 34 heavy (non-hydrogen) atoms. The van der Waals surface area contributed by atoms with Gasteiger partial charge in [0.05, 0.1) is 0 Å². The van der Waals surface area contributed by atoms with Crippen LogP contribution in [0.3, 0.4) is 0 Å². The summed E-state index contributed by atoms with van der Waals surface area (Å²) < 4.78 is 0. The smallest absolute Gasteiger partial charge is 0.0295 e. The molecule has 0 radical (unpaired) electrons. The van der Waals surface area contributed by atoms with Crippen LogP contribution >= 0.6 is 0 Å². The summed E-state index contributed by atoms with van der Waals surface area (Å²) in [6, 6.07) is 0. The van der Waals surface area contributed by atoms with Gasteiger partial charge in [0.1, 0.15) is 0 Å². The van der Waals surface area contributed by atoms with Crippen LogP contribution in [-0.4, -0.2) is 0 Å². The highest BCUT2D eigenvalue weighted by molar-refractivity contribution is 4.95. The summed E-state index contributed by atoms with van der Waals surface area (Å²) in [7, 11) is 0. The van der Waals surface area contributed by atoms with Crippen molar-refractivity contribution in [3.63, 3.8) is 0 Å². The Labute approximate surface area is 214 Å². The first kappa shape index (κ1) is 25.6. The van der Waals surface area contributed by atoms with Crippen molar-refractivity contribution in [2.75, 3.05) is 0 Å². The molecule has 196 valence electrons. The summed E-state index contributed by atoms with van der Waals surface area (Å²) in [5.74, 6) is 6.69. The van der Waals surface area contributed by atoms with Crippen molar-refractivity contribution in [3.8, 4) is 0 Å². The van der Waals surface area contributed by atoms with Crippen molar-refractivity contribution < 1.29 is 0 Å². The maximum Gasteiger partial charge on any atom is -0.0295 e. The fourth-order valence-corrected chi connectivity index (χ4v) is 10.8. The minimum absolute atomic E-state index is 0.735. The van der Waals surface area contributed by atoms with Gasteiger partial charge in [-0.25, -0.2) is 0 Å². The summed E-state index contributed by atoms with van der Waals surface area (Å²) in [5, 5.41) is 0. The Balaban J connectivity index is 0.000000142. The van der Waals surface area contributed by atoms with E-state index in [9.17, 15) is 0 Å². The molecule has 0 bridgehead atoms. The first-order valence-electron chi connectivity index (χ1n) is 16.6. The van der Waals surface area contributed by atoms with Gasteiger partial charge in [0, 0.05) is 0 Å². The van der Waals surface area contributed by atoms with E-state index in [0.717, 1.165) is 46.3 Å². The van der Waals surface area contributed by atoms with Crippen molar-refractivity contribution in [2.24, 2.45) is 46.3 Å². The molecule has 6 rings (SSSR count). The van der Waals surface area contributed by atoms with E-state index in [1.54, 1.807) is 77.0 Å². The Morgan fingerprint density at radius 2 is 0.971 bits per heavy atom. The van der Waals surface area contributed by atoms with Gasteiger partial charge >= 0.3 is 0 Å². The first-order valence-corrected chi connectivity index (χ1v) is 16.6. The lowest BCUT2D eigenvalue weighted by Crippen LogP contribution is -2.41. The van der Waals surface area contributed by atoms with Gasteiger partial charge in [-0.1, -0.05) is 110 Å². The molecule has 6 saturated carbocycles. The van der Waals surface area contributed by atoms with Gasteiger partial charge in [-0.3, -0.25) is 0 Å². The monoisotopic (exact) mass is 468 g/mol. The lowest BCUT2D eigenvalue weighted by atomic mass is 9.54. The standard InChI is InChI=1S/2C17H30/c1-17(12-5-2-6-13-17)16-11-7-9-14-8-3-4-10-15(14)16;1-17(11-5-2-6-12-17)16-10-9-14-7-3-4-8-15(14)13-16/h2*14-16H,2-13H2,1H3. The van der Waals surface area contributed by atoms with Crippen LogP contribution in [0.2, 0.25) is 0 Å². The van der Waals surface area contributed by atoms with Crippen LogP contribution in [0.25, 0.3) is 0 Å². The fraction of sp³-hybridized carbons (Fsp3) is 1.00. The van der Waals surface area contributed by atoms with Gasteiger partial charge in [0.25, 0.3) is 0 Å². The van der Waals surface area contributed by atoms with Crippen molar-refractivity contribution >= 4 is 0 Å². The van der Waals surface area contributed by atoms with Gasteiger partial charge in [-0.2, -0.15) is 0 Å². The Bertz CT molecular complexity index is 602. The van der Waals surface area contributed by atoms with Gasteiger partial charge in [0.2, 0.25) is 0 Å². The lowest BCUT2D eigenvalue weighted by molar-refractivity contribution is -0.00699. The fourth-order valence-electron chi connectivity index (χ4n) is 10.8. The number of rotatable bonds is 2. The first-order chi connectivity index (χ1) is 16.6. The van der Waals surface area contributed by atoms with Gasteiger partial charge in [0.15, 0.2) is 0 Å². The van der Waals surface area contributed by atoms with Crippen LogP contribution in [0, 0.1) is 46.3 Å². The molecule has 0 aromatic rings. The normalized spacial score (nSPS) is 41.8. The molecular weight excluding hydrogens is 408 g/mol. The molecule has 6 atom stereocenters. The van der Waals surface area contributed by atoms with E-state index in [1.165, 1.54) is 77.0 Å². The molecule has 6 fully saturated rings. The van der Waals surface area contributed by atoms with Crippen LogP contribution in [-0.2, 0) is 0 Å². The SMILES string of the molecule is CC1(C2CCC3CCCCC3C2)CCCCC1.CC1(C2CCCC3CCCCC32)CCCCC1. The molecule has 0 amide bonds. The second kappa shape index (κ2) is 11.6. The van der Waals surface area contributed by atoms with Gasteiger partial charge in [-0.05, 0) is 104 Å². The van der Waals surface area contributed by atoms with Crippen molar-refractivity contribution in [3.05, 3.63) is 0 Å². The predicted molar refractivity (Wildman–Crippen MR) is 148 cm³/mol. The molecule has 0 heteroatoms. The third-order valence-electron chi connectivity index (χ3n) is 13.0. The van der Waals surface area contributed by atoms with Crippen LogP contribution in [0.15, 0.2) is 0 Å². The average molecular weight is 469 g/mol. The number of fused-ring (bicyclic) bond motifs is 2. The maximum absolute atomic E-state index is 2.65. The average Bonchev–Trinajstić information content (AvgIpc) is 2.89. The van der Waals surface area contributed by atoms with Crippen molar-refractivity contribution in [2.45, 2.75) is 168 Å². The van der Waals surface area contributed by atoms with E-state index in [4.69, 9.17) is 0 Å². The summed E-state index contributed by atoms with van der Waals surface area (Å²) in [6.07, 6.45) is 37.1. The maximum atomic E-state index is 2.65. The largest absolute Gasteiger partial charge is 0.0594 e. The molecule has 6 aliphatic carbocycles. The highest BCUT2D eigenvalue weighted by atomic mass is 14.5. The zero-order valence-electron chi connectivity index (χ0n) is 23.4. The lowest BCUT2D eigenvalue weighted by Gasteiger charge is -2.51. The van der Waals surface area contributed by atoms with Crippen LogP contribution in [0.1, 0.15) is 168 Å². The van der Waals surface area contributed by atoms with E-state index in [1.807, 2.05) is 0 Å². The molecule has 0 spiro atoms. The van der Waals surface area contributed by atoms with Crippen molar-refractivity contribution in [1.29, 1.82) is 0 Å². The van der Waals surface area contributed by atoms with E-state index in [2.05, 4.69) is 13.8 Å². The molecule has 0 saturated heterocycles. The van der Waals surface area contributed by atoms with E-state index in [-0.39, 0.29) is 0 Å². The number of hydrogen-bond acceptors (Lipinski definition) is 0. The molecule has 0 aliphatic heterocycles. The Morgan fingerprint density at radius 3 is 1.68 bits per heavy atom. The molecule has 0 heterocycles. The number of hydrogen-bond donors (Lipinski definition) is 0. The Morgan fingerprint density at radius 1 is 0.412 bits per heavy atom. The summed E-state index contributed by atoms with van der Waals surface area (Å²) in [6.45, 7) is 5.27. The quantitative estimate of drug-likeness (QED) is 0.378. The molecule has 6 aliphatic rings. The zero-order chi connectivity index (χ0) is 23.4. The molecule has 6 unspecified atom stereocenters. The third kappa shape index (κ3) is 5.77. The van der Waals surface area contributed by atoms with Crippen LogP contribution in [0.4, 0.5) is 0 Å².